The molecule has 152 valence electrons. The molecule has 0 aliphatic carbocycles. The second-order valence-corrected chi connectivity index (χ2v) is 8.01. The molecule has 2 N–H and O–H groups in total. The van der Waals surface area contributed by atoms with Crippen molar-refractivity contribution in [1.82, 2.24) is 19.9 Å². The number of pyridine rings is 2. The first-order chi connectivity index (χ1) is 14.5. The summed E-state index contributed by atoms with van der Waals surface area (Å²) < 4.78 is 0. The van der Waals surface area contributed by atoms with Gasteiger partial charge in [-0.2, -0.15) is 0 Å². The van der Waals surface area contributed by atoms with Crippen LogP contribution in [0.1, 0.15) is 11.7 Å². The number of amides is 1. The van der Waals surface area contributed by atoms with E-state index >= 15 is 0 Å². The van der Waals surface area contributed by atoms with Gasteiger partial charge in [0.25, 0.3) is 5.91 Å². The Balaban J connectivity index is 1.78. The molecular formula is C23H22N4O2S. The van der Waals surface area contributed by atoms with E-state index in [0.717, 1.165) is 33.3 Å². The van der Waals surface area contributed by atoms with Crippen LogP contribution in [0, 0.1) is 0 Å². The molecule has 1 atom stereocenters. The van der Waals surface area contributed by atoms with Crippen molar-refractivity contribution in [2.24, 2.45) is 0 Å². The summed E-state index contributed by atoms with van der Waals surface area (Å²) >= 11 is 1.70. The van der Waals surface area contributed by atoms with Crippen LogP contribution >= 0.6 is 11.8 Å². The molecule has 3 aromatic heterocycles. The first-order valence-corrected chi connectivity index (χ1v) is 10.7. The summed E-state index contributed by atoms with van der Waals surface area (Å²) in [7, 11) is 3.22. The van der Waals surface area contributed by atoms with Crippen LogP contribution in [-0.2, 0) is 4.79 Å². The third-order valence-corrected chi connectivity index (χ3v) is 5.81. The SMILES string of the molecule is CSc1ccccc1-c1c[nH]c2ncc(-c3cncc(C(O)C(=O)N(C)C)c3)cc12. The lowest BCUT2D eigenvalue weighted by molar-refractivity contribution is -0.137. The number of aromatic nitrogens is 3. The Morgan fingerprint density at radius 2 is 1.87 bits per heavy atom. The second-order valence-electron chi connectivity index (χ2n) is 7.16. The average molecular weight is 419 g/mol. The molecule has 0 saturated heterocycles. The third kappa shape index (κ3) is 3.69. The van der Waals surface area contributed by atoms with Crippen LogP contribution in [0.3, 0.4) is 0 Å². The van der Waals surface area contributed by atoms with E-state index in [0.29, 0.717) is 5.56 Å². The van der Waals surface area contributed by atoms with Crippen molar-refractivity contribution in [2.75, 3.05) is 20.4 Å². The molecule has 7 heteroatoms. The number of rotatable bonds is 5. The van der Waals surface area contributed by atoms with Gasteiger partial charge in [0, 0.05) is 71.4 Å². The Kier molecular flexibility index (Phi) is 5.57. The van der Waals surface area contributed by atoms with E-state index in [-0.39, 0.29) is 5.91 Å². The Morgan fingerprint density at radius 3 is 2.63 bits per heavy atom. The van der Waals surface area contributed by atoms with E-state index in [1.807, 2.05) is 18.3 Å². The summed E-state index contributed by atoms with van der Waals surface area (Å²) in [5.41, 5.74) is 5.14. The van der Waals surface area contributed by atoms with Crippen LogP contribution in [0.5, 0.6) is 0 Å². The normalized spacial score (nSPS) is 12.1. The Morgan fingerprint density at radius 1 is 1.10 bits per heavy atom. The lowest BCUT2D eigenvalue weighted by atomic mass is 10.0. The van der Waals surface area contributed by atoms with Crippen LogP contribution in [0.25, 0.3) is 33.3 Å². The van der Waals surface area contributed by atoms with Crippen LogP contribution in [0.15, 0.2) is 66.1 Å². The van der Waals surface area contributed by atoms with E-state index in [9.17, 15) is 9.90 Å². The molecule has 1 amide bonds. The number of hydrogen-bond donors (Lipinski definition) is 2. The fourth-order valence-electron chi connectivity index (χ4n) is 3.40. The number of H-pyrrole nitrogens is 1. The highest BCUT2D eigenvalue weighted by Crippen LogP contribution is 2.36. The lowest BCUT2D eigenvalue weighted by Crippen LogP contribution is -2.28. The number of thioether (sulfide) groups is 1. The highest BCUT2D eigenvalue weighted by molar-refractivity contribution is 7.98. The Hall–Kier alpha value is -3.16. The largest absolute Gasteiger partial charge is 0.378 e. The number of aliphatic hydroxyl groups is 1. The number of aromatic amines is 1. The molecule has 1 aromatic carbocycles. The van der Waals surface area contributed by atoms with Gasteiger partial charge >= 0.3 is 0 Å². The fourth-order valence-corrected chi connectivity index (χ4v) is 4.02. The summed E-state index contributed by atoms with van der Waals surface area (Å²) in [6, 6.07) is 12.1. The number of nitrogens with one attached hydrogen (secondary N) is 1. The molecule has 1 unspecified atom stereocenters. The maximum atomic E-state index is 12.1. The van der Waals surface area contributed by atoms with Gasteiger partial charge in [-0.1, -0.05) is 18.2 Å². The predicted octanol–water partition coefficient (Wildman–Crippen LogP) is 4.14. The van der Waals surface area contributed by atoms with E-state index in [1.165, 1.54) is 16.0 Å². The molecule has 0 spiro atoms. The van der Waals surface area contributed by atoms with Gasteiger partial charge in [0.2, 0.25) is 0 Å². The molecule has 0 radical (unpaired) electrons. The minimum atomic E-state index is -1.25. The highest BCUT2D eigenvalue weighted by atomic mass is 32.2. The summed E-state index contributed by atoms with van der Waals surface area (Å²) in [4.78, 5) is 26.7. The number of carbonyl (C=O) groups is 1. The van der Waals surface area contributed by atoms with Gasteiger partial charge in [0.1, 0.15) is 5.65 Å². The maximum Gasteiger partial charge on any atom is 0.255 e. The molecule has 0 saturated carbocycles. The molecule has 30 heavy (non-hydrogen) atoms. The topological polar surface area (TPSA) is 82.1 Å². The van der Waals surface area contributed by atoms with Gasteiger partial charge in [-0.3, -0.25) is 9.78 Å². The summed E-state index contributed by atoms with van der Waals surface area (Å²) in [6.45, 7) is 0. The number of aliphatic hydroxyl groups excluding tert-OH is 1. The smallest absolute Gasteiger partial charge is 0.255 e. The Labute approximate surface area is 179 Å². The van der Waals surface area contributed by atoms with Crippen molar-refractivity contribution < 1.29 is 9.90 Å². The second kappa shape index (κ2) is 8.30. The van der Waals surface area contributed by atoms with Crippen LogP contribution in [0.4, 0.5) is 0 Å². The molecule has 6 nitrogen and oxygen atoms in total. The van der Waals surface area contributed by atoms with E-state index in [4.69, 9.17) is 0 Å². The van der Waals surface area contributed by atoms with Crippen molar-refractivity contribution in [1.29, 1.82) is 0 Å². The quantitative estimate of drug-likeness (QED) is 0.476. The average Bonchev–Trinajstić information content (AvgIpc) is 3.21. The van der Waals surface area contributed by atoms with Crippen molar-refractivity contribution in [3.8, 4) is 22.3 Å². The molecule has 4 rings (SSSR count). The van der Waals surface area contributed by atoms with Crippen molar-refractivity contribution in [2.45, 2.75) is 11.0 Å². The maximum absolute atomic E-state index is 12.1. The molecular weight excluding hydrogens is 396 g/mol. The number of nitrogens with zero attached hydrogens (tertiary/aromatic N) is 3. The first-order valence-electron chi connectivity index (χ1n) is 9.44. The Bertz CT molecular complexity index is 1220. The molecule has 0 fully saturated rings. The summed E-state index contributed by atoms with van der Waals surface area (Å²) in [6.07, 6.45) is 7.78. The van der Waals surface area contributed by atoms with Crippen molar-refractivity contribution in [3.05, 3.63) is 66.7 Å². The van der Waals surface area contributed by atoms with Gasteiger partial charge in [0.15, 0.2) is 6.10 Å². The molecule has 3 heterocycles. The van der Waals surface area contributed by atoms with Gasteiger partial charge in [0.05, 0.1) is 0 Å². The summed E-state index contributed by atoms with van der Waals surface area (Å²) in [5.74, 6) is -0.385. The monoisotopic (exact) mass is 418 g/mol. The van der Waals surface area contributed by atoms with Crippen LogP contribution < -0.4 is 0 Å². The molecule has 0 aliphatic heterocycles. The zero-order valence-electron chi connectivity index (χ0n) is 17.0. The number of likely N-dealkylation sites (N-methyl/N-ethyl adjacent to an activating group) is 1. The number of benzene rings is 1. The van der Waals surface area contributed by atoms with Gasteiger partial charge in [-0.05, 0) is 30.0 Å². The summed E-state index contributed by atoms with van der Waals surface area (Å²) in [5, 5.41) is 11.4. The van der Waals surface area contributed by atoms with E-state index in [2.05, 4.69) is 39.4 Å². The predicted molar refractivity (Wildman–Crippen MR) is 120 cm³/mol. The fraction of sp³-hybridized carbons (Fsp3) is 0.174. The van der Waals surface area contributed by atoms with E-state index in [1.54, 1.807) is 44.3 Å². The number of fused-ring (bicyclic) bond motifs is 1. The minimum Gasteiger partial charge on any atom is -0.378 e. The molecule has 0 aliphatic rings. The van der Waals surface area contributed by atoms with Crippen molar-refractivity contribution >= 4 is 28.7 Å². The zero-order valence-corrected chi connectivity index (χ0v) is 17.8. The molecule has 0 bridgehead atoms. The number of carbonyl (C=O) groups excluding carboxylic acids is 1. The lowest BCUT2D eigenvalue weighted by Gasteiger charge is -2.16. The zero-order chi connectivity index (χ0) is 21.3. The van der Waals surface area contributed by atoms with Gasteiger partial charge in [-0.25, -0.2) is 4.98 Å². The van der Waals surface area contributed by atoms with Crippen LogP contribution in [-0.4, -0.2) is 51.2 Å². The molecule has 4 aromatic rings. The van der Waals surface area contributed by atoms with Gasteiger partial charge in [-0.15, -0.1) is 11.8 Å². The van der Waals surface area contributed by atoms with Crippen molar-refractivity contribution in [3.63, 3.8) is 0 Å². The highest BCUT2D eigenvalue weighted by Gasteiger charge is 2.20. The standard InChI is InChI=1S/C23H22N4O2S/c1-27(2)23(29)21(28)16-8-14(10-24-11-16)15-9-18-19(13-26-22(18)25-12-15)17-6-4-5-7-20(17)30-3/h4-13,21,28H,1-3H3,(H,25,26). The number of hydrogen-bond acceptors (Lipinski definition) is 5. The first kappa shape index (κ1) is 20.1. The van der Waals surface area contributed by atoms with Gasteiger partial charge < -0.3 is 15.0 Å². The van der Waals surface area contributed by atoms with Crippen LogP contribution in [0.2, 0.25) is 0 Å². The third-order valence-electron chi connectivity index (χ3n) is 5.01. The minimum absolute atomic E-state index is 0.385. The van der Waals surface area contributed by atoms with E-state index < -0.39 is 6.10 Å².